The van der Waals surface area contributed by atoms with Crippen molar-refractivity contribution in [3.8, 4) is 0 Å². The zero-order chi connectivity index (χ0) is 11.9. The molecule has 4 nitrogen and oxygen atoms in total. The van der Waals surface area contributed by atoms with E-state index in [1.807, 2.05) is 13.8 Å². The Hall–Kier alpha value is -0.900. The zero-order valence-electron chi connectivity index (χ0n) is 10.4. The lowest BCUT2D eigenvalue weighted by atomic mass is 10.0. The molecule has 2 atom stereocenters. The Bertz CT molecular complexity index is 371. The van der Waals surface area contributed by atoms with Crippen molar-refractivity contribution in [3.05, 3.63) is 11.7 Å². The summed E-state index contributed by atoms with van der Waals surface area (Å²) < 4.78 is 5.16. The predicted octanol–water partition coefficient (Wildman–Crippen LogP) is 2.14. The zero-order valence-corrected chi connectivity index (χ0v) is 10.4. The first-order valence-corrected chi connectivity index (χ1v) is 5.90. The molecule has 0 saturated heterocycles. The Morgan fingerprint density at radius 1 is 1.50 bits per heavy atom. The van der Waals surface area contributed by atoms with Crippen molar-refractivity contribution in [1.82, 2.24) is 10.1 Å². The fraction of sp³-hybridized carbons (Fsp3) is 0.833. The van der Waals surface area contributed by atoms with Gasteiger partial charge in [-0.2, -0.15) is 4.98 Å². The molecule has 0 bridgehead atoms. The first kappa shape index (κ1) is 11.6. The van der Waals surface area contributed by atoms with Gasteiger partial charge in [0.25, 0.3) is 0 Å². The lowest BCUT2D eigenvalue weighted by molar-refractivity contribution is 0.116. The van der Waals surface area contributed by atoms with Crippen LogP contribution in [0.5, 0.6) is 0 Å². The average molecular weight is 224 g/mol. The standard InChI is InChI=1S/C12H20N2O2/c1-7(2)9(15)5-10-13-11(14-16-10)8-6-12(8,3)4/h7-9,15H,5-6H2,1-4H3. The van der Waals surface area contributed by atoms with Crippen LogP contribution in [-0.2, 0) is 6.42 Å². The molecule has 1 N–H and O–H groups in total. The minimum absolute atomic E-state index is 0.215. The average Bonchev–Trinajstić information content (AvgIpc) is 2.60. The van der Waals surface area contributed by atoms with Gasteiger partial charge < -0.3 is 9.63 Å². The van der Waals surface area contributed by atoms with Crippen molar-refractivity contribution in [2.45, 2.75) is 52.6 Å². The minimum Gasteiger partial charge on any atom is -0.392 e. The van der Waals surface area contributed by atoms with Gasteiger partial charge in [0.05, 0.1) is 12.5 Å². The summed E-state index contributed by atoms with van der Waals surface area (Å²) in [6, 6.07) is 0. The molecule has 1 aromatic rings. The normalized spacial score (nSPS) is 24.8. The van der Waals surface area contributed by atoms with E-state index in [4.69, 9.17) is 4.52 Å². The molecule has 1 heterocycles. The van der Waals surface area contributed by atoms with Gasteiger partial charge in [-0.3, -0.25) is 0 Å². The third-order valence-electron chi connectivity index (χ3n) is 3.46. The molecule has 0 aliphatic heterocycles. The maximum atomic E-state index is 9.72. The summed E-state index contributed by atoms with van der Waals surface area (Å²) in [4.78, 5) is 4.35. The van der Waals surface area contributed by atoms with Gasteiger partial charge in [-0.15, -0.1) is 0 Å². The molecule has 2 rings (SSSR count). The molecule has 1 fully saturated rings. The molecule has 1 aliphatic rings. The Morgan fingerprint density at radius 3 is 2.62 bits per heavy atom. The molecule has 1 saturated carbocycles. The van der Waals surface area contributed by atoms with E-state index in [9.17, 15) is 5.11 Å². The topological polar surface area (TPSA) is 59.2 Å². The number of hydrogen-bond acceptors (Lipinski definition) is 4. The molecule has 90 valence electrons. The van der Waals surface area contributed by atoms with Crippen LogP contribution in [0.25, 0.3) is 0 Å². The summed E-state index contributed by atoms with van der Waals surface area (Å²) in [5.41, 5.74) is 0.317. The summed E-state index contributed by atoms with van der Waals surface area (Å²) in [5, 5.41) is 13.7. The highest BCUT2D eigenvalue weighted by molar-refractivity contribution is 5.14. The third kappa shape index (κ3) is 2.26. The summed E-state index contributed by atoms with van der Waals surface area (Å²) in [7, 11) is 0. The molecule has 1 aromatic heterocycles. The fourth-order valence-electron chi connectivity index (χ4n) is 1.82. The van der Waals surface area contributed by atoms with Crippen molar-refractivity contribution in [2.24, 2.45) is 11.3 Å². The highest BCUT2D eigenvalue weighted by Gasteiger charge is 2.49. The number of aliphatic hydroxyl groups is 1. The van der Waals surface area contributed by atoms with Gasteiger partial charge in [-0.25, -0.2) is 0 Å². The first-order valence-electron chi connectivity index (χ1n) is 5.90. The molecular formula is C12H20N2O2. The predicted molar refractivity (Wildman–Crippen MR) is 60.0 cm³/mol. The van der Waals surface area contributed by atoms with Gasteiger partial charge in [0.15, 0.2) is 5.82 Å². The van der Waals surface area contributed by atoms with Crippen LogP contribution < -0.4 is 0 Å². The van der Waals surface area contributed by atoms with E-state index in [-0.39, 0.29) is 5.92 Å². The van der Waals surface area contributed by atoms with Crippen LogP contribution >= 0.6 is 0 Å². The molecule has 16 heavy (non-hydrogen) atoms. The summed E-state index contributed by atoms with van der Waals surface area (Å²) >= 11 is 0. The van der Waals surface area contributed by atoms with Gasteiger partial charge in [-0.1, -0.05) is 32.9 Å². The molecule has 0 aromatic carbocycles. The van der Waals surface area contributed by atoms with Gasteiger partial charge in [0.1, 0.15) is 0 Å². The number of rotatable bonds is 4. The monoisotopic (exact) mass is 224 g/mol. The Kier molecular flexibility index (Phi) is 2.78. The van der Waals surface area contributed by atoms with E-state index < -0.39 is 6.10 Å². The highest BCUT2D eigenvalue weighted by atomic mass is 16.5. The molecule has 4 heteroatoms. The van der Waals surface area contributed by atoms with Crippen LogP contribution in [0.2, 0.25) is 0 Å². The van der Waals surface area contributed by atoms with E-state index in [1.54, 1.807) is 0 Å². The Labute approximate surface area is 96.1 Å². The lowest BCUT2D eigenvalue weighted by Crippen LogP contribution is -2.17. The molecule has 0 spiro atoms. The maximum absolute atomic E-state index is 9.72. The molecule has 0 amide bonds. The van der Waals surface area contributed by atoms with Crippen LogP contribution in [0.3, 0.4) is 0 Å². The Balaban J connectivity index is 1.98. The van der Waals surface area contributed by atoms with E-state index in [2.05, 4.69) is 24.0 Å². The lowest BCUT2D eigenvalue weighted by Gasteiger charge is -2.10. The summed E-state index contributed by atoms with van der Waals surface area (Å²) in [6.07, 6.45) is 1.18. The summed E-state index contributed by atoms with van der Waals surface area (Å²) in [6.45, 7) is 8.37. The van der Waals surface area contributed by atoms with E-state index in [0.29, 0.717) is 23.6 Å². The SMILES string of the molecule is CC(C)C(O)Cc1nc(C2CC2(C)C)no1. The maximum Gasteiger partial charge on any atom is 0.229 e. The quantitative estimate of drug-likeness (QED) is 0.851. The van der Waals surface area contributed by atoms with Crippen LogP contribution in [-0.4, -0.2) is 21.4 Å². The molecular weight excluding hydrogens is 204 g/mol. The molecule has 0 radical (unpaired) electrons. The third-order valence-corrected chi connectivity index (χ3v) is 3.46. The van der Waals surface area contributed by atoms with Gasteiger partial charge >= 0.3 is 0 Å². The summed E-state index contributed by atoms with van der Waals surface area (Å²) in [5.74, 6) is 2.00. The van der Waals surface area contributed by atoms with Gasteiger partial charge in [0, 0.05) is 5.92 Å². The largest absolute Gasteiger partial charge is 0.392 e. The molecule has 2 unspecified atom stereocenters. The second-order valence-corrected chi connectivity index (χ2v) is 5.81. The van der Waals surface area contributed by atoms with Crippen molar-refractivity contribution in [1.29, 1.82) is 0 Å². The minimum atomic E-state index is -0.402. The van der Waals surface area contributed by atoms with Crippen LogP contribution in [0.1, 0.15) is 51.7 Å². The number of nitrogens with zero attached hydrogens (tertiary/aromatic N) is 2. The first-order chi connectivity index (χ1) is 7.40. The highest BCUT2D eigenvalue weighted by Crippen LogP contribution is 2.57. The number of hydrogen-bond donors (Lipinski definition) is 1. The van der Waals surface area contributed by atoms with E-state index in [1.165, 1.54) is 0 Å². The second kappa shape index (κ2) is 3.84. The van der Waals surface area contributed by atoms with E-state index >= 15 is 0 Å². The van der Waals surface area contributed by atoms with Crippen molar-refractivity contribution in [2.75, 3.05) is 0 Å². The van der Waals surface area contributed by atoms with Crippen molar-refractivity contribution < 1.29 is 9.63 Å². The van der Waals surface area contributed by atoms with E-state index in [0.717, 1.165) is 12.2 Å². The van der Waals surface area contributed by atoms with Crippen LogP contribution in [0.15, 0.2) is 4.52 Å². The fourth-order valence-corrected chi connectivity index (χ4v) is 1.82. The van der Waals surface area contributed by atoms with Gasteiger partial charge in [0.2, 0.25) is 5.89 Å². The molecule has 1 aliphatic carbocycles. The Morgan fingerprint density at radius 2 is 2.12 bits per heavy atom. The second-order valence-electron chi connectivity index (χ2n) is 5.81. The number of aromatic nitrogens is 2. The number of aliphatic hydroxyl groups excluding tert-OH is 1. The van der Waals surface area contributed by atoms with Crippen LogP contribution in [0.4, 0.5) is 0 Å². The van der Waals surface area contributed by atoms with Gasteiger partial charge in [-0.05, 0) is 17.8 Å². The van der Waals surface area contributed by atoms with Crippen molar-refractivity contribution >= 4 is 0 Å². The van der Waals surface area contributed by atoms with Crippen LogP contribution in [0, 0.1) is 11.3 Å². The smallest absolute Gasteiger partial charge is 0.229 e. The van der Waals surface area contributed by atoms with Crippen molar-refractivity contribution in [3.63, 3.8) is 0 Å².